The molecule has 0 unspecified atom stereocenters. The maximum absolute atomic E-state index is 7.04. The van der Waals surface area contributed by atoms with Gasteiger partial charge in [0.25, 0.3) is 0 Å². The molecule has 0 bridgehead atoms. The minimum Gasteiger partial charge on any atom is -0.455 e. The third-order valence-electron chi connectivity index (χ3n) is 18.0. The Morgan fingerprint density at radius 2 is 0.842 bits per heavy atom. The van der Waals surface area contributed by atoms with E-state index in [2.05, 4.69) is 259 Å². The normalized spacial score (nSPS) is 15.0. The highest BCUT2D eigenvalue weighted by Gasteiger charge is 2.49. The molecule has 0 atom stereocenters. The number of nitrogens with zero attached hydrogens (tertiary/aromatic N) is 1. The van der Waals surface area contributed by atoms with E-state index in [1.165, 1.54) is 105 Å². The molecule has 3 aliphatic rings. The zero-order valence-corrected chi connectivity index (χ0v) is 43.5. The second-order valence-corrected chi connectivity index (χ2v) is 23.1. The van der Waals surface area contributed by atoms with Crippen molar-refractivity contribution in [2.24, 2.45) is 0 Å². The number of rotatable bonds is 5. The van der Waals surface area contributed by atoms with Crippen LogP contribution in [0.5, 0.6) is 0 Å². The molecule has 0 amide bonds. The van der Waals surface area contributed by atoms with Crippen molar-refractivity contribution in [3.05, 3.63) is 246 Å². The zero-order valence-electron chi connectivity index (χ0n) is 43.5. The van der Waals surface area contributed by atoms with Crippen molar-refractivity contribution in [1.82, 2.24) is 0 Å². The predicted molar refractivity (Wildman–Crippen MR) is 317 cm³/mol. The van der Waals surface area contributed by atoms with Crippen molar-refractivity contribution in [3.8, 4) is 55.6 Å². The van der Waals surface area contributed by atoms with E-state index in [0.717, 1.165) is 55.7 Å². The molecule has 3 nitrogen and oxygen atoms in total. The Kier molecular flexibility index (Phi) is 8.65. The summed E-state index contributed by atoms with van der Waals surface area (Å²) in [5.74, 6) is 0. The van der Waals surface area contributed by atoms with E-state index in [0.29, 0.717) is 0 Å². The van der Waals surface area contributed by atoms with Gasteiger partial charge in [0.2, 0.25) is 0 Å². The second-order valence-electron chi connectivity index (χ2n) is 23.1. The van der Waals surface area contributed by atoms with Gasteiger partial charge in [-0.25, -0.2) is 0 Å². The van der Waals surface area contributed by atoms with Gasteiger partial charge in [0.1, 0.15) is 22.3 Å². The summed E-state index contributed by atoms with van der Waals surface area (Å²) in [6.45, 7) is 14.6. The van der Waals surface area contributed by atoms with Crippen LogP contribution in [0.4, 0.5) is 17.1 Å². The fourth-order valence-electron chi connectivity index (χ4n) is 14.5. The van der Waals surface area contributed by atoms with E-state index in [-0.39, 0.29) is 16.2 Å². The van der Waals surface area contributed by atoms with Crippen LogP contribution in [0.25, 0.3) is 110 Å². The van der Waals surface area contributed by atoms with Gasteiger partial charge in [-0.3, -0.25) is 0 Å². The third-order valence-corrected chi connectivity index (χ3v) is 18.0. The SMILES string of the molecule is CC1(C)c2cc(N(c3ccc4c(c3)C(C)(C)c3c5c(c6oc7ccccc7c6c3-4)-c3ccccc3C5(C)C)c3ccccc3-c3ccccc3)ccc2-c2c1cc(-c1cccc3ccccc13)c1oc3ccccc3c21. The first-order chi connectivity index (χ1) is 37.0. The lowest BCUT2D eigenvalue weighted by Crippen LogP contribution is -2.24. The fraction of sp³-hybridized carbons (Fsp3) is 0.123. The van der Waals surface area contributed by atoms with E-state index < -0.39 is 0 Å². The van der Waals surface area contributed by atoms with Crippen LogP contribution in [0.2, 0.25) is 0 Å². The molecular weight excluding hydrogens is 923 g/mol. The molecule has 3 aliphatic carbocycles. The van der Waals surface area contributed by atoms with Crippen molar-refractivity contribution in [1.29, 1.82) is 0 Å². The standard InChI is InChI=1S/C73H53NO2/c1-71(2)56-39-44(35-37-50(56)62-58(71)41-54(48-30-20-24-42-23-10-11-25-46(42)48)69-64(62)52-28-14-18-33-60(52)75-69)74(59-32-17-13-26-47(59)43-21-8-7-9-22-43)45-36-38-51-57(40-45)73(5,6)67-63(51)65-53-29-15-19-34-61(53)76-70(65)66-49-27-12-16-31-55(49)72(3,4)68(66)67/h7-41H,1-6H3. The molecule has 362 valence electrons. The number of anilines is 3. The van der Waals surface area contributed by atoms with E-state index in [1.807, 2.05) is 0 Å². The number of furan rings is 2. The molecule has 3 heteroatoms. The summed E-state index contributed by atoms with van der Waals surface area (Å²) in [6.07, 6.45) is 0. The summed E-state index contributed by atoms with van der Waals surface area (Å²) in [4.78, 5) is 2.53. The van der Waals surface area contributed by atoms with Gasteiger partial charge < -0.3 is 13.7 Å². The number of hydrogen-bond acceptors (Lipinski definition) is 3. The van der Waals surface area contributed by atoms with Crippen molar-refractivity contribution < 1.29 is 8.83 Å². The Balaban J connectivity index is 0.936. The predicted octanol–water partition coefficient (Wildman–Crippen LogP) is 20.4. The minimum absolute atomic E-state index is 0.245. The average molecular weight is 976 g/mol. The molecule has 76 heavy (non-hydrogen) atoms. The first kappa shape index (κ1) is 43.5. The molecule has 0 spiro atoms. The lowest BCUT2D eigenvalue weighted by Gasteiger charge is -2.32. The molecule has 11 aromatic carbocycles. The third kappa shape index (κ3) is 5.62. The van der Waals surface area contributed by atoms with Crippen LogP contribution < -0.4 is 4.90 Å². The highest BCUT2D eigenvalue weighted by molar-refractivity contribution is 6.22. The van der Waals surface area contributed by atoms with Crippen LogP contribution in [0, 0.1) is 0 Å². The maximum Gasteiger partial charge on any atom is 0.144 e. The summed E-state index contributed by atoms with van der Waals surface area (Å²) in [6, 6.07) is 78.4. The Morgan fingerprint density at radius 1 is 0.329 bits per heavy atom. The molecule has 0 radical (unpaired) electrons. The first-order valence-electron chi connectivity index (χ1n) is 26.8. The molecule has 2 aromatic heterocycles. The maximum atomic E-state index is 7.04. The van der Waals surface area contributed by atoms with Crippen LogP contribution in [0.3, 0.4) is 0 Å². The molecule has 0 N–H and O–H groups in total. The first-order valence-corrected chi connectivity index (χ1v) is 26.8. The van der Waals surface area contributed by atoms with Gasteiger partial charge in [0.15, 0.2) is 0 Å². The molecule has 0 aliphatic heterocycles. The zero-order chi connectivity index (χ0) is 51.0. The largest absolute Gasteiger partial charge is 0.455 e. The topological polar surface area (TPSA) is 29.5 Å². The molecule has 0 fully saturated rings. The highest BCUT2D eigenvalue weighted by atomic mass is 16.3. The summed E-state index contributed by atoms with van der Waals surface area (Å²) in [7, 11) is 0. The Morgan fingerprint density at radius 3 is 1.58 bits per heavy atom. The molecule has 16 rings (SSSR count). The number of hydrogen-bond donors (Lipinski definition) is 0. The van der Waals surface area contributed by atoms with Crippen molar-refractivity contribution in [2.45, 2.75) is 57.8 Å². The van der Waals surface area contributed by atoms with Gasteiger partial charge in [-0.05, 0) is 132 Å². The average Bonchev–Trinajstić information content (AvgIpc) is 4.31. The molecule has 13 aromatic rings. The van der Waals surface area contributed by atoms with Gasteiger partial charge in [0, 0.05) is 65.9 Å². The van der Waals surface area contributed by atoms with Crippen molar-refractivity contribution >= 4 is 71.7 Å². The van der Waals surface area contributed by atoms with Crippen LogP contribution in [-0.4, -0.2) is 0 Å². The van der Waals surface area contributed by atoms with E-state index >= 15 is 0 Å². The van der Waals surface area contributed by atoms with Crippen LogP contribution in [0.1, 0.15) is 74.9 Å². The monoisotopic (exact) mass is 975 g/mol. The number of benzene rings is 11. The van der Waals surface area contributed by atoms with Gasteiger partial charge >= 0.3 is 0 Å². The Labute approximate surface area is 442 Å². The van der Waals surface area contributed by atoms with E-state index in [9.17, 15) is 0 Å². The van der Waals surface area contributed by atoms with Crippen molar-refractivity contribution in [3.63, 3.8) is 0 Å². The lowest BCUT2D eigenvalue weighted by molar-refractivity contribution is 0.600. The fourth-order valence-corrected chi connectivity index (χ4v) is 14.5. The second kappa shape index (κ2) is 15.1. The Hall–Kier alpha value is -8.92. The number of para-hydroxylation sites is 3. The highest BCUT2D eigenvalue weighted by Crippen LogP contribution is 2.64. The Bertz CT molecular complexity index is 4670. The molecule has 2 heterocycles. The van der Waals surface area contributed by atoms with Gasteiger partial charge in [0.05, 0.1) is 5.69 Å². The van der Waals surface area contributed by atoms with E-state index in [1.54, 1.807) is 0 Å². The van der Waals surface area contributed by atoms with Gasteiger partial charge in [-0.2, -0.15) is 0 Å². The van der Waals surface area contributed by atoms with Crippen LogP contribution >= 0.6 is 0 Å². The summed E-state index contributed by atoms with van der Waals surface area (Å²) < 4.78 is 14.0. The molecule has 0 saturated carbocycles. The van der Waals surface area contributed by atoms with Crippen LogP contribution in [-0.2, 0) is 16.2 Å². The van der Waals surface area contributed by atoms with Crippen LogP contribution in [0.15, 0.2) is 221 Å². The van der Waals surface area contributed by atoms with Gasteiger partial charge in [-0.15, -0.1) is 0 Å². The smallest absolute Gasteiger partial charge is 0.144 e. The quantitative estimate of drug-likeness (QED) is 0.172. The number of fused-ring (bicyclic) bond motifs is 20. The van der Waals surface area contributed by atoms with Crippen molar-refractivity contribution in [2.75, 3.05) is 4.90 Å². The van der Waals surface area contributed by atoms with E-state index in [4.69, 9.17) is 8.83 Å². The lowest BCUT2D eigenvalue weighted by atomic mass is 9.72. The minimum atomic E-state index is -0.359. The molecule has 0 saturated heterocycles. The summed E-state index contributed by atoms with van der Waals surface area (Å²) >= 11 is 0. The van der Waals surface area contributed by atoms with Gasteiger partial charge in [-0.1, -0.05) is 205 Å². The summed E-state index contributed by atoms with van der Waals surface area (Å²) in [5.41, 5.74) is 26.5. The molecular formula is C73H53NO2. The summed E-state index contributed by atoms with van der Waals surface area (Å²) in [5, 5.41) is 7.13.